The summed E-state index contributed by atoms with van der Waals surface area (Å²) >= 11 is 0. The summed E-state index contributed by atoms with van der Waals surface area (Å²) in [5.41, 5.74) is -0.838. The Bertz CT molecular complexity index is 1260. The van der Waals surface area contributed by atoms with E-state index >= 15 is 0 Å². The van der Waals surface area contributed by atoms with Crippen LogP contribution in [0, 0.1) is 10.8 Å². The van der Waals surface area contributed by atoms with Gasteiger partial charge in [-0.15, -0.1) is 13.2 Å². The van der Waals surface area contributed by atoms with Crippen LogP contribution in [-0.4, -0.2) is 50.4 Å². The first-order chi connectivity index (χ1) is 17.5. The van der Waals surface area contributed by atoms with E-state index in [2.05, 4.69) is 15.0 Å². The molecule has 13 heteroatoms. The molecule has 0 unspecified atom stereocenters. The first-order valence-electron chi connectivity index (χ1n) is 11.8. The van der Waals surface area contributed by atoms with E-state index in [4.69, 9.17) is 0 Å². The molecule has 1 saturated heterocycles. The van der Waals surface area contributed by atoms with Crippen LogP contribution in [0.15, 0.2) is 36.4 Å². The summed E-state index contributed by atoms with van der Waals surface area (Å²) in [4.78, 5) is 57.9. The Morgan fingerprint density at radius 1 is 1.11 bits per heavy atom. The summed E-state index contributed by atoms with van der Waals surface area (Å²) in [6.45, 7) is 9.68. The van der Waals surface area contributed by atoms with Gasteiger partial charge >= 0.3 is 18.2 Å². The number of urea groups is 1. The molecular weight excluding hydrogens is 507 g/mol. The maximum Gasteiger partial charge on any atom is 0.573 e. The third-order valence-corrected chi connectivity index (χ3v) is 5.83. The maximum absolute atomic E-state index is 13.4. The molecule has 0 atom stereocenters. The molecule has 2 heterocycles. The number of nitrogens with one attached hydrogen (secondary N) is 1. The number of benzene rings is 1. The predicted molar refractivity (Wildman–Crippen MR) is 132 cm³/mol. The van der Waals surface area contributed by atoms with Gasteiger partial charge in [-0.25, -0.2) is 9.69 Å². The molecule has 204 valence electrons. The highest BCUT2D eigenvalue weighted by molar-refractivity contribution is 6.22. The van der Waals surface area contributed by atoms with Gasteiger partial charge in [-0.2, -0.15) is 0 Å². The summed E-state index contributed by atoms with van der Waals surface area (Å²) in [6.07, 6.45) is -4.88. The van der Waals surface area contributed by atoms with Gasteiger partial charge in [0.05, 0.1) is 5.69 Å². The fraction of sp³-hybridized carbons (Fsp3) is 0.440. The number of amides is 4. The minimum absolute atomic E-state index is 0.0180. The van der Waals surface area contributed by atoms with Crippen molar-refractivity contribution in [2.45, 2.75) is 66.0 Å². The minimum atomic E-state index is -4.88. The number of ether oxygens (including phenoxy) is 1. The second kappa shape index (κ2) is 10.4. The van der Waals surface area contributed by atoms with Crippen LogP contribution >= 0.6 is 0 Å². The molecule has 1 fully saturated rings. The van der Waals surface area contributed by atoms with Gasteiger partial charge in [-0.1, -0.05) is 18.8 Å². The molecular formula is C25H29F3N5O5+. The van der Waals surface area contributed by atoms with E-state index < -0.39 is 35.6 Å². The minimum Gasteiger partial charge on any atom is -0.406 e. The van der Waals surface area contributed by atoms with Gasteiger partial charge in [0, 0.05) is 24.6 Å². The summed E-state index contributed by atoms with van der Waals surface area (Å²) in [5.74, 6) is -1.63. The standard InChI is InChI=1S/C25H28F3N5O5/c1-14(2)21(34)30-19-11-16(12-20(29-19)33(37)15(3)4)13-31-23(36)32(22(35)24(31,5)6)17-7-9-18(10-8-17)38-25(26,27)28/h7-12,14-15H,13H2,1-6H3/p+1. The van der Waals surface area contributed by atoms with Crippen molar-refractivity contribution in [3.8, 4) is 5.75 Å². The zero-order chi connectivity index (χ0) is 28.6. The second-order valence-corrected chi connectivity index (χ2v) is 9.89. The van der Waals surface area contributed by atoms with Crippen molar-refractivity contribution >= 4 is 35.2 Å². The number of carbonyl (C=O) groups is 3. The van der Waals surface area contributed by atoms with Gasteiger partial charge in [0.2, 0.25) is 11.7 Å². The van der Waals surface area contributed by atoms with Crippen LogP contribution in [0.5, 0.6) is 5.75 Å². The molecule has 38 heavy (non-hydrogen) atoms. The quantitative estimate of drug-likeness (QED) is 0.369. The number of anilines is 2. The number of carbonyl (C=O) groups excluding carboxylic acids is 3. The monoisotopic (exact) mass is 536 g/mol. The Balaban J connectivity index is 1.94. The lowest BCUT2D eigenvalue weighted by atomic mass is 10.0. The van der Waals surface area contributed by atoms with E-state index in [-0.39, 0.29) is 35.7 Å². The highest BCUT2D eigenvalue weighted by Crippen LogP contribution is 2.35. The largest absolute Gasteiger partial charge is 0.573 e. The summed E-state index contributed by atoms with van der Waals surface area (Å²) in [5, 5.41) is 2.65. The molecule has 10 nitrogen and oxygen atoms in total. The van der Waals surface area contributed by atoms with Gasteiger partial charge in [0.15, 0.2) is 0 Å². The van der Waals surface area contributed by atoms with Crippen LogP contribution in [0.3, 0.4) is 0 Å². The normalized spacial score (nSPS) is 15.4. The molecule has 1 aliphatic heterocycles. The second-order valence-electron chi connectivity index (χ2n) is 9.89. The number of halogens is 3. The van der Waals surface area contributed by atoms with Crippen LogP contribution in [0.1, 0.15) is 47.1 Å². The highest BCUT2D eigenvalue weighted by atomic mass is 19.4. The first-order valence-corrected chi connectivity index (χ1v) is 11.8. The Labute approximate surface area is 217 Å². The van der Waals surface area contributed by atoms with E-state index in [9.17, 15) is 32.5 Å². The maximum atomic E-state index is 13.4. The Morgan fingerprint density at radius 3 is 2.24 bits per heavy atom. The molecule has 0 saturated carbocycles. The Kier molecular flexibility index (Phi) is 7.80. The summed E-state index contributed by atoms with van der Waals surface area (Å²) in [6, 6.07) is 6.18. The molecule has 1 aliphatic rings. The van der Waals surface area contributed by atoms with E-state index in [1.807, 2.05) is 0 Å². The average molecular weight is 537 g/mol. The zero-order valence-corrected chi connectivity index (χ0v) is 21.8. The number of hydrogen-bond acceptors (Lipinski definition) is 6. The van der Waals surface area contributed by atoms with Crippen molar-refractivity contribution in [1.82, 2.24) is 9.88 Å². The highest BCUT2D eigenvalue weighted by Gasteiger charge is 2.52. The van der Waals surface area contributed by atoms with Crippen LogP contribution in [-0.2, 0) is 16.1 Å². The fourth-order valence-corrected chi connectivity index (χ4v) is 3.68. The summed E-state index contributed by atoms with van der Waals surface area (Å²) < 4.78 is 42.0. The predicted octanol–water partition coefficient (Wildman–Crippen LogP) is 5.14. The Hall–Kier alpha value is -4.03. The lowest BCUT2D eigenvalue weighted by Gasteiger charge is -2.27. The molecule has 1 aromatic carbocycles. The molecule has 1 N–H and O–H groups in total. The molecule has 1 aromatic heterocycles. The van der Waals surface area contributed by atoms with Crippen LogP contribution in [0.25, 0.3) is 0 Å². The third kappa shape index (κ3) is 6.09. The first kappa shape index (κ1) is 28.5. The van der Waals surface area contributed by atoms with Crippen molar-refractivity contribution < 1.29 is 37.1 Å². The van der Waals surface area contributed by atoms with Gasteiger partial charge in [0.1, 0.15) is 17.3 Å². The number of nitroso groups, excluding NO2 is 1. The number of nitrogens with zero attached hydrogens (tertiary/aromatic N) is 4. The van der Waals surface area contributed by atoms with E-state index in [0.29, 0.717) is 10.3 Å². The van der Waals surface area contributed by atoms with Crippen molar-refractivity contribution in [1.29, 1.82) is 0 Å². The fourth-order valence-electron chi connectivity index (χ4n) is 3.68. The number of rotatable bonds is 8. The van der Waals surface area contributed by atoms with Crippen molar-refractivity contribution in [3.05, 3.63) is 46.9 Å². The number of pyridine rings is 1. The van der Waals surface area contributed by atoms with Crippen LogP contribution < -0.4 is 15.0 Å². The number of hydrogen-bond donors (Lipinski definition) is 1. The number of imide groups is 1. The molecule has 0 aliphatic carbocycles. The van der Waals surface area contributed by atoms with Crippen molar-refractivity contribution in [2.24, 2.45) is 5.92 Å². The molecule has 2 aromatic rings. The van der Waals surface area contributed by atoms with E-state index in [1.54, 1.807) is 27.7 Å². The van der Waals surface area contributed by atoms with E-state index in [1.165, 1.54) is 43.0 Å². The lowest BCUT2D eigenvalue weighted by molar-refractivity contribution is -0.500. The molecule has 4 amide bonds. The van der Waals surface area contributed by atoms with E-state index in [0.717, 1.165) is 17.0 Å². The van der Waals surface area contributed by atoms with Crippen LogP contribution in [0.2, 0.25) is 0 Å². The number of alkyl halides is 3. The van der Waals surface area contributed by atoms with Gasteiger partial charge in [0.25, 0.3) is 5.91 Å². The van der Waals surface area contributed by atoms with Gasteiger partial charge in [-0.3, -0.25) is 14.9 Å². The molecule has 0 radical (unpaired) electrons. The molecule has 0 spiro atoms. The smallest absolute Gasteiger partial charge is 0.406 e. The molecule has 3 rings (SSSR count). The topological polar surface area (TPSA) is 112 Å². The zero-order valence-electron chi connectivity index (χ0n) is 21.8. The van der Waals surface area contributed by atoms with Crippen LogP contribution in [0.4, 0.5) is 35.3 Å². The SMILES string of the molecule is CC(C)C(=O)Nc1cc(CN2C(=O)N(c3ccc(OC(F)(F)F)cc3)C(=O)C2(C)C)cc([N+](=O)C(C)C)n1. The Morgan fingerprint density at radius 2 is 1.71 bits per heavy atom. The molecule has 0 bridgehead atoms. The average Bonchev–Trinajstić information content (AvgIpc) is 2.97. The number of aromatic nitrogens is 1. The third-order valence-electron chi connectivity index (χ3n) is 5.83. The summed E-state index contributed by atoms with van der Waals surface area (Å²) in [7, 11) is 0. The van der Waals surface area contributed by atoms with Crippen molar-refractivity contribution in [3.63, 3.8) is 0 Å². The van der Waals surface area contributed by atoms with Gasteiger partial charge in [-0.05, 0) is 67.3 Å². The van der Waals surface area contributed by atoms with Gasteiger partial charge < -0.3 is 9.64 Å². The lowest BCUT2D eigenvalue weighted by Crippen LogP contribution is -2.43. The van der Waals surface area contributed by atoms with Crippen molar-refractivity contribution in [2.75, 3.05) is 10.2 Å².